The molecular weight excluding hydrogens is 273 g/mol. The molecule has 1 amide bonds. The first-order chi connectivity index (χ1) is 9.39. The van der Waals surface area contributed by atoms with E-state index in [1.165, 1.54) is 28.2 Å². The number of hydrogen-bond donors (Lipinski definition) is 0. The number of benzene rings is 1. The van der Waals surface area contributed by atoms with Crippen LogP contribution in [0.1, 0.15) is 18.4 Å². The summed E-state index contributed by atoms with van der Waals surface area (Å²) in [5.74, 6) is -0.0752. The van der Waals surface area contributed by atoms with Crippen molar-refractivity contribution in [2.75, 3.05) is 25.4 Å². The molecule has 1 aliphatic rings. The van der Waals surface area contributed by atoms with Crippen molar-refractivity contribution >= 4 is 11.6 Å². The zero-order chi connectivity index (χ0) is 14.8. The zero-order valence-corrected chi connectivity index (χ0v) is 11.0. The van der Waals surface area contributed by atoms with E-state index in [9.17, 15) is 18.0 Å². The van der Waals surface area contributed by atoms with E-state index in [0.717, 1.165) is 6.07 Å². The molecule has 1 aromatic rings. The first kappa shape index (κ1) is 14.6. The predicted molar refractivity (Wildman–Crippen MR) is 66.7 cm³/mol. The summed E-state index contributed by atoms with van der Waals surface area (Å²) in [4.78, 5) is 18.2. The molecule has 0 radical (unpaired) electrons. The Morgan fingerprint density at radius 3 is 2.65 bits per heavy atom. The van der Waals surface area contributed by atoms with Crippen LogP contribution in [0.2, 0.25) is 0 Å². The second-order valence-corrected chi connectivity index (χ2v) is 4.57. The number of amides is 1. The Morgan fingerprint density at radius 2 is 1.95 bits per heavy atom. The van der Waals surface area contributed by atoms with Crippen LogP contribution in [0.15, 0.2) is 24.3 Å². The molecule has 7 heteroatoms. The molecule has 1 aliphatic heterocycles. The van der Waals surface area contributed by atoms with Crippen molar-refractivity contribution in [1.29, 1.82) is 0 Å². The van der Waals surface area contributed by atoms with Crippen molar-refractivity contribution in [2.24, 2.45) is 0 Å². The second kappa shape index (κ2) is 5.70. The molecule has 0 aromatic heterocycles. The van der Waals surface area contributed by atoms with Gasteiger partial charge in [0.15, 0.2) is 0 Å². The third kappa shape index (κ3) is 3.22. The molecule has 1 aromatic carbocycles. The molecular formula is C13H15F3N2O2. The van der Waals surface area contributed by atoms with Crippen molar-refractivity contribution in [3.05, 3.63) is 29.8 Å². The summed E-state index contributed by atoms with van der Waals surface area (Å²) in [7, 11) is 1.56. The summed E-state index contributed by atoms with van der Waals surface area (Å²) in [5.41, 5.74) is -0.766. The Morgan fingerprint density at radius 1 is 1.25 bits per heavy atom. The van der Waals surface area contributed by atoms with E-state index in [1.807, 2.05) is 0 Å². The minimum Gasteiger partial charge on any atom is -0.320 e. The molecule has 2 rings (SSSR count). The summed E-state index contributed by atoms with van der Waals surface area (Å²) in [6.45, 7) is 0.178. The van der Waals surface area contributed by atoms with Gasteiger partial charge in [-0.05, 0) is 18.6 Å². The second-order valence-electron chi connectivity index (χ2n) is 4.57. The maximum Gasteiger partial charge on any atom is 0.418 e. The maximum absolute atomic E-state index is 13.0. The van der Waals surface area contributed by atoms with E-state index in [2.05, 4.69) is 0 Å². The van der Waals surface area contributed by atoms with Crippen LogP contribution in [-0.4, -0.2) is 31.1 Å². The van der Waals surface area contributed by atoms with Crippen LogP contribution < -0.4 is 5.06 Å². The van der Waals surface area contributed by atoms with Gasteiger partial charge >= 0.3 is 6.18 Å². The van der Waals surface area contributed by atoms with Gasteiger partial charge in [0.25, 0.3) is 0 Å². The minimum absolute atomic E-state index is 0.0252. The van der Waals surface area contributed by atoms with Gasteiger partial charge in [0.2, 0.25) is 5.91 Å². The molecule has 1 fully saturated rings. The van der Waals surface area contributed by atoms with Gasteiger partial charge in [0, 0.05) is 20.0 Å². The Balaban J connectivity index is 2.25. The molecule has 4 nitrogen and oxygen atoms in total. The molecule has 0 bridgehead atoms. The van der Waals surface area contributed by atoms with Gasteiger partial charge in [0.1, 0.15) is 6.73 Å². The number of carbonyl (C=O) groups is 1. The number of hydrogen-bond acceptors (Lipinski definition) is 3. The highest BCUT2D eigenvalue weighted by molar-refractivity contribution is 5.75. The SMILES string of the molecule is CN1CON(c2ccccc2C(F)(F)F)CCCC1=O. The van der Waals surface area contributed by atoms with Gasteiger partial charge < -0.3 is 4.90 Å². The molecule has 0 saturated carbocycles. The zero-order valence-electron chi connectivity index (χ0n) is 11.0. The largest absolute Gasteiger partial charge is 0.418 e. The molecule has 0 N–H and O–H groups in total. The van der Waals surface area contributed by atoms with Crippen LogP contribution in [0.3, 0.4) is 0 Å². The van der Waals surface area contributed by atoms with Crippen LogP contribution in [0.4, 0.5) is 18.9 Å². The summed E-state index contributed by atoms with van der Waals surface area (Å²) in [5, 5.41) is 1.21. The fraction of sp³-hybridized carbons (Fsp3) is 0.462. The van der Waals surface area contributed by atoms with Crippen LogP contribution in [0.25, 0.3) is 0 Å². The number of hydroxylamine groups is 1. The molecule has 1 saturated heterocycles. The van der Waals surface area contributed by atoms with Gasteiger partial charge in [-0.1, -0.05) is 12.1 Å². The van der Waals surface area contributed by atoms with Gasteiger partial charge in [-0.3, -0.25) is 14.7 Å². The Labute approximate surface area is 114 Å². The van der Waals surface area contributed by atoms with E-state index in [0.29, 0.717) is 12.8 Å². The molecule has 110 valence electrons. The lowest BCUT2D eigenvalue weighted by Crippen LogP contribution is -2.38. The van der Waals surface area contributed by atoms with Gasteiger partial charge in [-0.25, -0.2) is 0 Å². The third-order valence-electron chi connectivity index (χ3n) is 3.06. The van der Waals surface area contributed by atoms with Crippen LogP contribution >= 0.6 is 0 Å². The number of carbonyl (C=O) groups excluding carboxylic acids is 1. The molecule has 0 unspecified atom stereocenters. The van der Waals surface area contributed by atoms with Crippen molar-refractivity contribution in [1.82, 2.24) is 4.90 Å². The Bertz CT molecular complexity index is 491. The lowest BCUT2D eigenvalue weighted by molar-refractivity contribution is -0.140. The molecule has 0 spiro atoms. The third-order valence-corrected chi connectivity index (χ3v) is 3.06. The van der Waals surface area contributed by atoms with E-state index in [1.54, 1.807) is 7.05 Å². The van der Waals surface area contributed by atoms with Crippen LogP contribution in [-0.2, 0) is 15.8 Å². The predicted octanol–water partition coefficient (Wildman–Crippen LogP) is 2.65. The van der Waals surface area contributed by atoms with Crippen molar-refractivity contribution in [2.45, 2.75) is 19.0 Å². The fourth-order valence-corrected chi connectivity index (χ4v) is 1.98. The first-order valence-corrected chi connectivity index (χ1v) is 6.20. The van der Waals surface area contributed by atoms with Gasteiger partial charge in [-0.2, -0.15) is 13.2 Å². The van der Waals surface area contributed by atoms with E-state index in [4.69, 9.17) is 4.84 Å². The van der Waals surface area contributed by atoms with E-state index < -0.39 is 11.7 Å². The van der Waals surface area contributed by atoms with E-state index in [-0.39, 0.29) is 24.9 Å². The summed E-state index contributed by atoms with van der Waals surface area (Å²) in [6.07, 6.45) is -3.70. The number of alkyl halides is 3. The Kier molecular flexibility index (Phi) is 4.17. The number of rotatable bonds is 1. The maximum atomic E-state index is 13.0. The molecule has 1 heterocycles. The van der Waals surface area contributed by atoms with Crippen molar-refractivity contribution < 1.29 is 22.8 Å². The lowest BCUT2D eigenvalue weighted by atomic mass is 10.1. The average Bonchev–Trinajstić information content (AvgIpc) is 2.39. The fourth-order valence-electron chi connectivity index (χ4n) is 1.98. The number of anilines is 1. The van der Waals surface area contributed by atoms with Gasteiger partial charge in [-0.15, -0.1) is 0 Å². The van der Waals surface area contributed by atoms with Crippen molar-refractivity contribution in [3.8, 4) is 0 Å². The molecule has 20 heavy (non-hydrogen) atoms. The molecule has 0 aliphatic carbocycles. The summed E-state index contributed by atoms with van der Waals surface area (Å²) < 4.78 is 38.9. The van der Waals surface area contributed by atoms with Crippen molar-refractivity contribution in [3.63, 3.8) is 0 Å². The highest BCUT2D eigenvalue weighted by Gasteiger charge is 2.35. The van der Waals surface area contributed by atoms with E-state index >= 15 is 0 Å². The van der Waals surface area contributed by atoms with Crippen LogP contribution in [0, 0.1) is 0 Å². The highest BCUT2D eigenvalue weighted by Crippen LogP contribution is 2.36. The smallest absolute Gasteiger partial charge is 0.320 e. The number of para-hydroxylation sites is 1. The first-order valence-electron chi connectivity index (χ1n) is 6.20. The van der Waals surface area contributed by atoms with Crippen LogP contribution in [0.5, 0.6) is 0 Å². The average molecular weight is 288 g/mol. The van der Waals surface area contributed by atoms with Gasteiger partial charge in [0.05, 0.1) is 11.3 Å². The summed E-state index contributed by atoms with van der Waals surface area (Å²) in [6, 6.07) is 5.26. The summed E-state index contributed by atoms with van der Waals surface area (Å²) >= 11 is 0. The Hall–Kier alpha value is -1.76. The monoisotopic (exact) mass is 288 g/mol. The number of nitrogens with zero attached hydrogens (tertiary/aromatic N) is 2. The highest BCUT2D eigenvalue weighted by atomic mass is 19.4. The quantitative estimate of drug-likeness (QED) is 0.796. The topological polar surface area (TPSA) is 32.8 Å². The minimum atomic E-state index is -4.44. The lowest BCUT2D eigenvalue weighted by Gasteiger charge is -2.31. The standard InChI is InChI=1S/C13H15F3N2O2/c1-17-9-20-18(8-4-7-12(17)19)11-6-3-2-5-10(11)13(14,15)16/h2-3,5-6H,4,7-9H2,1H3. The molecule has 0 atom stereocenters. The normalized spacial score (nSPS) is 17.9. The number of halogens is 3.